The standard InChI is InChI=1S/C24H27N3O/c1-25-24(26-16-20-9-4-2-5-10-20)27-17-22-13-8-14-23(15-22)19-28-18-21-11-6-3-7-12-21/h2-15H,16-19H2,1H3,(H2,25,26,27). The molecular formula is C24H27N3O. The van der Waals surface area contributed by atoms with Crippen molar-refractivity contribution in [3.05, 3.63) is 107 Å². The first kappa shape index (κ1) is 19.6. The molecule has 0 aliphatic rings. The van der Waals surface area contributed by atoms with Gasteiger partial charge in [0.15, 0.2) is 5.96 Å². The topological polar surface area (TPSA) is 45.7 Å². The number of ether oxygens (including phenoxy) is 1. The van der Waals surface area contributed by atoms with Gasteiger partial charge >= 0.3 is 0 Å². The van der Waals surface area contributed by atoms with Crippen LogP contribution in [-0.4, -0.2) is 13.0 Å². The van der Waals surface area contributed by atoms with E-state index in [2.05, 4.69) is 64.2 Å². The molecule has 0 aliphatic carbocycles. The summed E-state index contributed by atoms with van der Waals surface area (Å²) in [7, 11) is 1.79. The van der Waals surface area contributed by atoms with Crippen LogP contribution in [0.2, 0.25) is 0 Å². The molecule has 0 aliphatic heterocycles. The number of nitrogens with one attached hydrogen (secondary N) is 2. The summed E-state index contributed by atoms with van der Waals surface area (Å²) in [6.45, 7) is 2.68. The Labute approximate surface area is 167 Å². The summed E-state index contributed by atoms with van der Waals surface area (Å²) in [6, 6.07) is 29.0. The highest BCUT2D eigenvalue weighted by atomic mass is 16.5. The molecule has 28 heavy (non-hydrogen) atoms. The van der Waals surface area contributed by atoms with Crippen molar-refractivity contribution in [2.45, 2.75) is 26.3 Å². The van der Waals surface area contributed by atoms with Gasteiger partial charge in [-0.05, 0) is 22.3 Å². The molecule has 0 bridgehead atoms. The van der Waals surface area contributed by atoms with Crippen molar-refractivity contribution in [2.75, 3.05) is 7.05 Å². The van der Waals surface area contributed by atoms with Crippen LogP contribution in [0.4, 0.5) is 0 Å². The van der Waals surface area contributed by atoms with Crippen LogP contribution < -0.4 is 10.6 Å². The van der Waals surface area contributed by atoms with Crippen molar-refractivity contribution in [2.24, 2.45) is 4.99 Å². The van der Waals surface area contributed by atoms with E-state index in [9.17, 15) is 0 Å². The van der Waals surface area contributed by atoms with Crippen molar-refractivity contribution in [1.29, 1.82) is 0 Å². The van der Waals surface area contributed by atoms with Crippen LogP contribution >= 0.6 is 0 Å². The minimum absolute atomic E-state index is 0.601. The fourth-order valence-corrected chi connectivity index (χ4v) is 2.88. The Kier molecular flexibility index (Phi) is 7.65. The Bertz CT molecular complexity index is 863. The van der Waals surface area contributed by atoms with Crippen LogP contribution in [0.15, 0.2) is 89.9 Å². The van der Waals surface area contributed by atoms with Gasteiger partial charge in [-0.3, -0.25) is 4.99 Å². The fourth-order valence-electron chi connectivity index (χ4n) is 2.88. The van der Waals surface area contributed by atoms with Gasteiger partial charge < -0.3 is 15.4 Å². The summed E-state index contributed by atoms with van der Waals surface area (Å²) in [5.41, 5.74) is 4.78. The lowest BCUT2D eigenvalue weighted by Crippen LogP contribution is -2.36. The molecule has 0 aromatic heterocycles. The van der Waals surface area contributed by atoms with Gasteiger partial charge in [0.05, 0.1) is 13.2 Å². The first-order valence-electron chi connectivity index (χ1n) is 9.51. The number of hydrogen-bond acceptors (Lipinski definition) is 2. The molecule has 3 aromatic rings. The SMILES string of the molecule is CN=C(NCc1ccccc1)NCc1cccc(COCc2ccccc2)c1. The molecule has 144 valence electrons. The Hall–Kier alpha value is -3.11. The lowest BCUT2D eigenvalue weighted by Gasteiger charge is -2.13. The van der Waals surface area contributed by atoms with Crippen LogP contribution in [-0.2, 0) is 31.0 Å². The third-order valence-electron chi connectivity index (χ3n) is 4.36. The maximum absolute atomic E-state index is 5.84. The summed E-state index contributed by atoms with van der Waals surface area (Å²) >= 11 is 0. The first-order valence-corrected chi connectivity index (χ1v) is 9.51. The maximum Gasteiger partial charge on any atom is 0.191 e. The molecule has 0 radical (unpaired) electrons. The van der Waals surface area contributed by atoms with Gasteiger partial charge in [-0.15, -0.1) is 0 Å². The van der Waals surface area contributed by atoms with E-state index in [-0.39, 0.29) is 0 Å². The zero-order valence-corrected chi connectivity index (χ0v) is 16.3. The van der Waals surface area contributed by atoms with Crippen LogP contribution in [0.5, 0.6) is 0 Å². The second-order valence-corrected chi connectivity index (χ2v) is 6.56. The van der Waals surface area contributed by atoms with Gasteiger partial charge in [-0.25, -0.2) is 0 Å². The Morgan fingerprint density at radius 1 is 0.679 bits per heavy atom. The predicted octanol–water partition coefficient (Wildman–Crippen LogP) is 4.27. The number of hydrogen-bond donors (Lipinski definition) is 2. The average Bonchev–Trinajstić information content (AvgIpc) is 2.76. The van der Waals surface area contributed by atoms with Crippen molar-refractivity contribution in [1.82, 2.24) is 10.6 Å². The number of benzene rings is 3. The monoisotopic (exact) mass is 373 g/mol. The highest BCUT2D eigenvalue weighted by Crippen LogP contribution is 2.09. The third-order valence-corrected chi connectivity index (χ3v) is 4.36. The molecule has 0 atom stereocenters. The average molecular weight is 374 g/mol. The van der Waals surface area contributed by atoms with Crippen molar-refractivity contribution < 1.29 is 4.74 Å². The summed E-state index contributed by atoms with van der Waals surface area (Å²) in [4.78, 5) is 4.29. The van der Waals surface area contributed by atoms with E-state index in [1.165, 1.54) is 22.3 Å². The fraction of sp³-hybridized carbons (Fsp3) is 0.208. The van der Waals surface area contributed by atoms with Crippen molar-refractivity contribution >= 4 is 5.96 Å². The minimum Gasteiger partial charge on any atom is -0.372 e. The van der Waals surface area contributed by atoms with Gasteiger partial charge in [-0.2, -0.15) is 0 Å². The van der Waals surface area contributed by atoms with Gasteiger partial charge in [0.25, 0.3) is 0 Å². The van der Waals surface area contributed by atoms with E-state index in [1.807, 2.05) is 36.4 Å². The molecule has 0 saturated carbocycles. The second-order valence-electron chi connectivity index (χ2n) is 6.56. The van der Waals surface area contributed by atoms with Gasteiger partial charge in [0.1, 0.15) is 0 Å². The summed E-state index contributed by atoms with van der Waals surface area (Å²) < 4.78 is 5.84. The van der Waals surface area contributed by atoms with Crippen LogP contribution in [0.1, 0.15) is 22.3 Å². The number of guanidine groups is 1. The third kappa shape index (κ3) is 6.56. The number of nitrogens with zero attached hydrogens (tertiary/aromatic N) is 1. The normalized spacial score (nSPS) is 11.2. The number of rotatable bonds is 8. The Morgan fingerprint density at radius 3 is 1.89 bits per heavy atom. The zero-order valence-electron chi connectivity index (χ0n) is 16.3. The van der Waals surface area contributed by atoms with E-state index in [0.29, 0.717) is 19.8 Å². The van der Waals surface area contributed by atoms with Crippen molar-refractivity contribution in [3.8, 4) is 0 Å². The summed E-state index contributed by atoms with van der Waals surface area (Å²) in [6.07, 6.45) is 0. The van der Waals surface area contributed by atoms with E-state index in [1.54, 1.807) is 7.05 Å². The molecule has 0 saturated heterocycles. The quantitative estimate of drug-likeness (QED) is 0.458. The van der Waals surface area contributed by atoms with E-state index in [0.717, 1.165) is 12.5 Å². The molecule has 0 amide bonds. The largest absolute Gasteiger partial charge is 0.372 e. The molecule has 0 spiro atoms. The van der Waals surface area contributed by atoms with E-state index >= 15 is 0 Å². The highest BCUT2D eigenvalue weighted by Gasteiger charge is 2.01. The van der Waals surface area contributed by atoms with Gasteiger partial charge in [-0.1, -0.05) is 84.9 Å². The van der Waals surface area contributed by atoms with Crippen LogP contribution in [0, 0.1) is 0 Å². The number of aliphatic imine (C=N–C) groups is 1. The molecule has 0 fully saturated rings. The van der Waals surface area contributed by atoms with E-state index in [4.69, 9.17) is 4.74 Å². The Morgan fingerprint density at radius 2 is 1.21 bits per heavy atom. The highest BCUT2D eigenvalue weighted by molar-refractivity contribution is 5.79. The smallest absolute Gasteiger partial charge is 0.191 e. The molecule has 3 aromatic carbocycles. The molecule has 0 heterocycles. The van der Waals surface area contributed by atoms with Crippen molar-refractivity contribution in [3.63, 3.8) is 0 Å². The molecular weight excluding hydrogens is 346 g/mol. The lowest BCUT2D eigenvalue weighted by molar-refractivity contribution is 0.107. The predicted molar refractivity (Wildman–Crippen MR) is 115 cm³/mol. The van der Waals surface area contributed by atoms with Crippen LogP contribution in [0.3, 0.4) is 0 Å². The van der Waals surface area contributed by atoms with E-state index < -0.39 is 0 Å². The Balaban J connectivity index is 1.45. The zero-order chi connectivity index (χ0) is 19.4. The van der Waals surface area contributed by atoms with Crippen LogP contribution in [0.25, 0.3) is 0 Å². The molecule has 3 rings (SSSR count). The molecule has 0 unspecified atom stereocenters. The summed E-state index contributed by atoms with van der Waals surface area (Å²) in [5, 5.41) is 6.70. The minimum atomic E-state index is 0.601. The molecule has 4 nitrogen and oxygen atoms in total. The second kappa shape index (κ2) is 10.9. The van der Waals surface area contributed by atoms with Gasteiger partial charge in [0.2, 0.25) is 0 Å². The molecule has 4 heteroatoms. The maximum atomic E-state index is 5.84. The first-order chi connectivity index (χ1) is 13.8. The lowest BCUT2D eigenvalue weighted by atomic mass is 10.1. The summed E-state index contributed by atoms with van der Waals surface area (Å²) in [5.74, 6) is 0.787. The molecule has 2 N–H and O–H groups in total. The van der Waals surface area contributed by atoms with Gasteiger partial charge in [0, 0.05) is 20.1 Å².